The van der Waals surface area contributed by atoms with Crippen LogP contribution in [-0.4, -0.2) is 18.2 Å². The first-order chi connectivity index (χ1) is 13.6. The molecule has 1 amide bonds. The van der Waals surface area contributed by atoms with Gasteiger partial charge in [0.25, 0.3) is 0 Å². The Kier molecular flexibility index (Phi) is 6.38. The summed E-state index contributed by atoms with van der Waals surface area (Å²) in [6.07, 6.45) is 0.323. The van der Waals surface area contributed by atoms with Crippen molar-refractivity contribution >= 4 is 11.7 Å². The third-order valence-electron chi connectivity index (χ3n) is 4.32. The van der Waals surface area contributed by atoms with Gasteiger partial charge in [0.05, 0.1) is 13.0 Å². The number of carbonyl (C=O) groups is 2. The van der Waals surface area contributed by atoms with Crippen molar-refractivity contribution in [2.45, 2.75) is 13.3 Å². The first-order valence-electron chi connectivity index (χ1n) is 9.13. The van der Waals surface area contributed by atoms with Gasteiger partial charge in [-0.2, -0.15) is 0 Å². The van der Waals surface area contributed by atoms with Gasteiger partial charge in [-0.25, -0.2) is 0 Å². The standard InChI is InChI=1S/C25H21NO2/c1-19(27)22-13-9-20(10-14-22)6-5-17-26-25(28)18-21-11-15-24(16-12-21)23-7-3-2-4-8-23/h2-4,7-16H,17-18H2,1H3,(H,26,28). The van der Waals surface area contributed by atoms with Gasteiger partial charge >= 0.3 is 0 Å². The Morgan fingerprint density at radius 2 is 1.46 bits per heavy atom. The van der Waals surface area contributed by atoms with Crippen molar-refractivity contribution in [3.05, 3.63) is 95.6 Å². The zero-order valence-electron chi connectivity index (χ0n) is 15.7. The van der Waals surface area contributed by atoms with Crippen LogP contribution in [0.3, 0.4) is 0 Å². The molecule has 0 aliphatic heterocycles. The summed E-state index contributed by atoms with van der Waals surface area (Å²) in [5.41, 5.74) is 4.73. The van der Waals surface area contributed by atoms with E-state index >= 15 is 0 Å². The third-order valence-corrected chi connectivity index (χ3v) is 4.32. The summed E-state index contributed by atoms with van der Waals surface area (Å²) in [6.45, 7) is 1.82. The van der Waals surface area contributed by atoms with Crippen molar-refractivity contribution < 1.29 is 9.59 Å². The molecule has 0 aliphatic rings. The van der Waals surface area contributed by atoms with E-state index in [1.54, 1.807) is 24.3 Å². The van der Waals surface area contributed by atoms with Gasteiger partial charge in [-0.05, 0) is 35.7 Å². The second-order valence-corrected chi connectivity index (χ2v) is 6.45. The van der Waals surface area contributed by atoms with Crippen LogP contribution in [0.2, 0.25) is 0 Å². The second kappa shape index (κ2) is 9.34. The number of carbonyl (C=O) groups excluding carboxylic acids is 2. The maximum absolute atomic E-state index is 12.1. The van der Waals surface area contributed by atoms with Crippen LogP contribution in [0.5, 0.6) is 0 Å². The number of Topliss-reactive ketones (excluding diaryl/α,β-unsaturated/α-hetero) is 1. The van der Waals surface area contributed by atoms with E-state index in [0.29, 0.717) is 12.0 Å². The van der Waals surface area contributed by atoms with E-state index in [4.69, 9.17) is 0 Å². The van der Waals surface area contributed by atoms with Crippen molar-refractivity contribution in [3.63, 3.8) is 0 Å². The Hall–Kier alpha value is -3.64. The average Bonchev–Trinajstić information content (AvgIpc) is 2.73. The zero-order chi connectivity index (χ0) is 19.8. The number of amides is 1. The predicted molar refractivity (Wildman–Crippen MR) is 112 cm³/mol. The molecule has 0 saturated carbocycles. The molecule has 138 valence electrons. The number of hydrogen-bond donors (Lipinski definition) is 1. The van der Waals surface area contributed by atoms with Crippen LogP contribution >= 0.6 is 0 Å². The van der Waals surface area contributed by atoms with Gasteiger partial charge in [-0.15, -0.1) is 0 Å². The highest BCUT2D eigenvalue weighted by Crippen LogP contribution is 2.19. The van der Waals surface area contributed by atoms with Gasteiger partial charge < -0.3 is 5.32 Å². The third kappa shape index (κ3) is 5.43. The van der Waals surface area contributed by atoms with Gasteiger partial charge in [-0.3, -0.25) is 9.59 Å². The molecular weight excluding hydrogens is 346 g/mol. The first kappa shape index (κ1) is 19.1. The lowest BCUT2D eigenvalue weighted by Crippen LogP contribution is -2.25. The topological polar surface area (TPSA) is 46.2 Å². The molecule has 0 atom stereocenters. The van der Waals surface area contributed by atoms with Gasteiger partial charge in [-0.1, -0.05) is 78.6 Å². The molecule has 3 nitrogen and oxygen atoms in total. The summed E-state index contributed by atoms with van der Waals surface area (Å²) < 4.78 is 0. The molecule has 0 fully saturated rings. The Balaban J connectivity index is 1.49. The fraction of sp³-hybridized carbons (Fsp3) is 0.120. The minimum atomic E-state index is -0.0614. The van der Waals surface area contributed by atoms with Crippen LogP contribution in [-0.2, 0) is 11.2 Å². The van der Waals surface area contributed by atoms with Crippen LogP contribution in [0.1, 0.15) is 28.4 Å². The largest absolute Gasteiger partial charge is 0.345 e. The Morgan fingerprint density at radius 3 is 2.11 bits per heavy atom. The zero-order valence-corrected chi connectivity index (χ0v) is 15.7. The van der Waals surface area contributed by atoms with Gasteiger partial charge in [0, 0.05) is 11.1 Å². The number of hydrogen-bond acceptors (Lipinski definition) is 2. The highest BCUT2D eigenvalue weighted by Gasteiger charge is 2.03. The van der Waals surface area contributed by atoms with Crippen LogP contribution in [0, 0.1) is 11.8 Å². The fourth-order valence-electron chi connectivity index (χ4n) is 2.77. The lowest BCUT2D eigenvalue weighted by atomic mass is 10.0. The molecule has 0 saturated heterocycles. The highest BCUT2D eigenvalue weighted by molar-refractivity contribution is 5.94. The minimum Gasteiger partial charge on any atom is -0.345 e. The molecule has 3 rings (SSSR count). The molecule has 0 aliphatic carbocycles. The van der Waals surface area contributed by atoms with Gasteiger partial charge in [0.1, 0.15) is 0 Å². The lowest BCUT2D eigenvalue weighted by molar-refractivity contribution is -0.120. The molecule has 1 N–H and O–H groups in total. The first-order valence-corrected chi connectivity index (χ1v) is 9.13. The molecule has 0 bridgehead atoms. The Labute approximate surface area is 165 Å². The van der Waals surface area contributed by atoms with E-state index in [-0.39, 0.29) is 18.2 Å². The Bertz CT molecular complexity index is 1010. The number of benzene rings is 3. The van der Waals surface area contributed by atoms with Gasteiger partial charge in [0.15, 0.2) is 5.78 Å². The number of ketones is 1. The summed E-state index contributed by atoms with van der Waals surface area (Å²) in [4.78, 5) is 23.3. The van der Waals surface area contributed by atoms with Crippen LogP contribution in [0.4, 0.5) is 0 Å². The number of nitrogens with one attached hydrogen (secondary N) is 1. The summed E-state index contributed by atoms with van der Waals surface area (Å²) in [5.74, 6) is 5.88. The van der Waals surface area contributed by atoms with E-state index in [9.17, 15) is 9.59 Å². The Morgan fingerprint density at radius 1 is 0.821 bits per heavy atom. The molecule has 3 aromatic rings. The highest BCUT2D eigenvalue weighted by atomic mass is 16.1. The summed E-state index contributed by atoms with van der Waals surface area (Å²) in [6, 6.07) is 25.3. The van der Waals surface area contributed by atoms with E-state index in [1.165, 1.54) is 6.92 Å². The molecule has 0 heterocycles. The van der Waals surface area contributed by atoms with E-state index in [1.807, 2.05) is 42.5 Å². The molecule has 0 radical (unpaired) electrons. The second-order valence-electron chi connectivity index (χ2n) is 6.45. The molecule has 3 aromatic carbocycles. The minimum absolute atomic E-state index is 0.0311. The molecule has 0 spiro atoms. The van der Waals surface area contributed by atoms with Crippen molar-refractivity contribution in [1.29, 1.82) is 0 Å². The summed E-state index contributed by atoms with van der Waals surface area (Å²) >= 11 is 0. The molecule has 3 heteroatoms. The monoisotopic (exact) mass is 367 g/mol. The van der Waals surface area contributed by atoms with E-state index in [2.05, 4.69) is 29.3 Å². The van der Waals surface area contributed by atoms with Crippen LogP contribution < -0.4 is 5.32 Å². The SMILES string of the molecule is CC(=O)c1ccc(C#CCNC(=O)Cc2ccc(-c3ccccc3)cc2)cc1. The lowest BCUT2D eigenvalue weighted by Gasteiger charge is -2.05. The maximum Gasteiger partial charge on any atom is 0.225 e. The number of rotatable bonds is 5. The molecular formula is C25H21NO2. The van der Waals surface area contributed by atoms with Crippen molar-refractivity contribution in [2.24, 2.45) is 0 Å². The fourth-order valence-corrected chi connectivity index (χ4v) is 2.77. The van der Waals surface area contributed by atoms with Crippen LogP contribution in [0.15, 0.2) is 78.9 Å². The normalized spacial score (nSPS) is 9.89. The van der Waals surface area contributed by atoms with Crippen molar-refractivity contribution in [1.82, 2.24) is 5.32 Å². The van der Waals surface area contributed by atoms with Gasteiger partial charge in [0.2, 0.25) is 5.91 Å². The van der Waals surface area contributed by atoms with Crippen LogP contribution in [0.25, 0.3) is 11.1 Å². The van der Waals surface area contributed by atoms with E-state index < -0.39 is 0 Å². The average molecular weight is 367 g/mol. The maximum atomic E-state index is 12.1. The van der Waals surface area contributed by atoms with Crippen molar-refractivity contribution in [2.75, 3.05) is 6.54 Å². The predicted octanol–water partition coefficient (Wildman–Crippen LogP) is 4.27. The van der Waals surface area contributed by atoms with Crippen molar-refractivity contribution in [3.8, 4) is 23.0 Å². The molecule has 0 unspecified atom stereocenters. The quantitative estimate of drug-likeness (QED) is 0.541. The smallest absolute Gasteiger partial charge is 0.225 e. The molecule has 28 heavy (non-hydrogen) atoms. The van der Waals surface area contributed by atoms with E-state index in [0.717, 1.165) is 22.3 Å². The molecule has 0 aromatic heterocycles. The summed E-state index contributed by atoms with van der Waals surface area (Å²) in [5, 5.41) is 2.81. The summed E-state index contributed by atoms with van der Waals surface area (Å²) in [7, 11) is 0.